The molecule has 0 saturated carbocycles. The molecule has 1 aliphatic heterocycles. The Hall–Kier alpha value is -4.48. The number of nitrogens with one attached hydrogen (secondary N) is 5. The van der Waals surface area contributed by atoms with E-state index in [0.717, 1.165) is 24.1 Å². The van der Waals surface area contributed by atoms with E-state index in [0.29, 0.717) is 32.2 Å². The van der Waals surface area contributed by atoms with Gasteiger partial charge in [-0.15, -0.1) is 0 Å². The SMILES string of the molecule is CCCc1cc(C(=O)N[C@H]2CCCCNC(=O)c3coc(n3)[C@@H](Cc3ccccc3)NC(=O)[C@H](C(C)C)NC2=O)n[nH]1. The lowest BCUT2D eigenvalue weighted by Gasteiger charge is -2.27. The molecule has 1 aliphatic rings. The van der Waals surface area contributed by atoms with Crippen molar-refractivity contribution in [3.05, 3.63) is 71.2 Å². The summed E-state index contributed by atoms with van der Waals surface area (Å²) >= 11 is 0. The Morgan fingerprint density at radius 1 is 1.10 bits per heavy atom. The number of aryl methyl sites for hydroxylation is 1. The van der Waals surface area contributed by atoms with Gasteiger partial charge >= 0.3 is 0 Å². The standard InChI is InChI=1S/C30H39N7O5/c1-4-10-20-16-22(37-36-20)28(40)32-21-13-8-9-14-31-26(38)24-17-42-30(34-24)23(15-19-11-6-5-7-12-19)33-29(41)25(18(2)3)35-27(21)39/h5-7,11-12,16-18,21,23,25H,4,8-10,13-15H2,1-3H3,(H,31,38)(H,32,40)(H,33,41)(H,35,39)(H,36,37)/t21-,23+,25-/m0/s1. The van der Waals surface area contributed by atoms with Gasteiger partial charge in [0.2, 0.25) is 17.7 Å². The van der Waals surface area contributed by atoms with Gasteiger partial charge < -0.3 is 25.7 Å². The summed E-state index contributed by atoms with van der Waals surface area (Å²) in [4.78, 5) is 57.2. The fourth-order valence-electron chi connectivity index (χ4n) is 4.79. The van der Waals surface area contributed by atoms with E-state index in [9.17, 15) is 19.2 Å². The second kappa shape index (κ2) is 14.4. The van der Waals surface area contributed by atoms with Gasteiger partial charge in [-0.1, -0.05) is 57.5 Å². The molecule has 3 heterocycles. The van der Waals surface area contributed by atoms with Crippen LogP contribution in [-0.2, 0) is 22.4 Å². The molecule has 0 saturated heterocycles. The number of H-pyrrole nitrogens is 1. The highest BCUT2D eigenvalue weighted by atomic mass is 16.3. The van der Waals surface area contributed by atoms with Crippen molar-refractivity contribution in [1.29, 1.82) is 0 Å². The Labute approximate surface area is 244 Å². The van der Waals surface area contributed by atoms with E-state index < -0.39 is 41.8 Å². The summed E-state index contributed by atoms with van der Waals surface area (Å²) in [5, 5.41) is 18.4. The first-order valence-corrected chi connectivity index (χ1v) is 14.5. The van der Waals surface area contributed by atoms with Crippen LogP contribution in [0, 0.1) is 5.92 Å². The van der Waals surface area contributed by atoms with E-state index in [4.69, 9.17) is 4.42 Å². The smallest absolute Gasteiger partial charge is 0.273 e. The second-order valence-electron chi connectivity index (χ2n) is 10.9. The molecule has 12 heteroatoms. The molecule has 2 bridgehead atoms. The molecule has 5 N–H and O–H groups in total. The van der Waals surface area contributed by atoms with Gasteiger partial charge in [-0.3, -0.25) is 24.3 Å². The van der Waals surface area contributed by atoms with E-state index in [1.807, 2.05) is 51.1 Å². The molecule has 12 nitrogen and oxygen atoms in total. The Bertz CT molecular complexity index is 1370. The molecule has 3 atom stereocenters. The summed E-state index contributed by atoms with van der Waals surface area (Å²) in [6, 6.07) is 8.68. The van der Waals surface area contributed by atoms with E-state index >= 15 is 0 Å². The number of hydrogen-bond donors (Lipinski definition) is 5. The molecule has 0 spiro atoms. The molecule has 224 valence electrons. The fraction of sp³-hybridized carbons (Fsp3) is 0.467. The highest BCUT2D eigenvalue weighted by Crippen LogP contribution is 2.20. The number of nitrogens with zero attached hydrogens (tertiary/aromatic N) is 2. The molecule has 0 fully saturated rings. The lowest BCUT2D eigenvalue weighted by molar-refractivity contribution is -0.131. The van der Waals surface area contributed by atoms with Crippen molar-refractivity contribution in [3.8, 4) is 0 Å². The van der Waals surface area contributed by atoms with Crippen molar-refractivity contribution in [2.24, 2.45) is 5.92 Å². The van der Waals surface area contributed by atoms with Gasteiger partial charge in [-0.25, -0.2) is 4.98 Å². The first-order chi connectivity index (χ1) is 20.2. The zero-order valence-electron chi connectivity index (χ0n) is 24.2. The molecule has 2 aromatic heterocycles. The summed E-state index contributed by atoms with van der Waals surface area (Å²) in [5.74, 6) is -1.87. The highest BCUT2D eigenvalue weighted by molar-refractivity contribution is 5.97. The van der Waals surface area contributed by atoms with Crippen molar-refractivity contribution < 1.29 is 23.6 Å². The maximum Gasteiger partial charge on any atom is 0.273 e. The van der Waals surface area contributed by atoms with Crippen molar-refractivity contribution in [2.75, 3.05) is 6.54 Å². The fourth-order valence-corrected chi connectivity index (χ4v) is 4.79. The number of benzene rings is 1. The number of hydrogen-bond acceptors (Lipinski definition) is 7. The third-order valence-corrected chi connectivity index (χ3v) is 7.11. The van der Waals surface area contributed by atoms with Crippen LogP contribution in [0.3, 0.4) is 0 Å². The Balaban J connectivity index is 1.58. The molecular formula is C30H39N7O5. The Morgan fingerprint density at radius 2 is 1.88 bits per heavy atom. The number of rotatable bonds is 7. The molecule has 4 amide bonds. The van der Waals surface area contributed by atoms with Crippen LogP contribution < -0.4 is 21.3 Å². The summed E-state index contributed by atoms with van der Waals surface area (Å²) in [7, 11) is 0. The minimum absolute atomic E-state index is 0.115. The number of carbonyl (C=O) groups is 4. The molecule has 4 rings (SSSR count). The molecule has 0 unspecified atom stereocenters. The quantitative estimate of drug-likeness (QED) is 0.287. The normalized spacial score (nSPS) is 20.5. The highest BCUT2D eigenvalue weighted by Gasteiger charge is 2.32. The minimum Gasteiger partial charge on any atom is -0.446 e. The summed E-state index contributed by atoms with van der Waals surface area (Å²) in [6.45, 7) is 6.03. The minimum atomic E-state index is -0.909. The van der Waals surface area contributed by atoms with Gasteiger partial charge in [0.05, 0.1) is 0 Å². The third-order valence-electron chi connectivity index (χ3n) is 7.11. The number of aromatic amines is 1. The van der Waals surface area contributed by atoms with E-state index in [-0.39, 0.29) is 23.2 Å². The van der Waals surface area contributed by atoms with E-state index in [1.165, 1.54) is 6.26 Å². The second-order valence-corrected chi connectivity index (χ2v) is 10.9. The van der Waals surface area contributed by atoms with Crippen LogP contribution >= 0.6 is 0 Å². The first kappa shape index (κ1) is 30.5. The largest absolute Gasteiger partial charge is 0.446 e. The Kier molecular flexibility index (Phi) is 10.5. The molecule has 3 aromatic rings. The van der Waals surface area contributed by atoms with Crippen LogP contribution in [0.4, 0.5) is 0 Å². The van der Waals surface area contributed by atoms with Crippen LogP contribution in [0.15, 0.2) is 47.1 Å². The Morgan fingerprint density at radius 3 is 2.62 bits per heavy atom. The molecule has 1 aromatic carbocycles. The van der Waals surface area contributed by atoms with Gasteiger partial charge in [0, 0.05) is 18.7 Å². The van der Waals surface area contributed by atoms with Gasteiger partial charge in [0.1, 0.15) is 30.1 Å². The van der Waals surface area contributed by atoms with Crippen LogP contribution in [-0.4, -0.2) is 57.4 Å². The van der Waals surface area contributed by atoms with Gasteiger partial charge in [-0.2, -0.15) is 5.10 Å². The molecule has 0 aliphatic carbocycles. The number of oxazole rings is 1. The first-order valence-electron chi connectivity index (χ1n) is 14.5. The average Bonchev–Trinajstić information content (AvgIpc) is 3.65. The van der Waals surface area contributed by atoms with Crippen molar-refractivity contribution in [3.63, 3.8) is 0 Å². The van der Waals surface area contributed by atoms with Gasteiger partial charge in [-0.05, 0) is 43.2 Å². The van der Waals surface area contributed by atoms with Crippen molar-refractivity contribution in [1.82, 2.24) is 36.4 Å². The number of amides is 4. The molecule has 0 radical (unpaired) electrons. The number of fused-ring (bicyclic) bond motifs is 2. The summed E-state index contributed by atoms with van der Waals surface area (Å²) in [6.07, 6.45) is 4.67. The molecular weight excluding hydrogens is 538 g/mol. The van der Waals surface area contributed by atoms with Gasteiger partial charge in [0.25, 0.3) is 11.8 Å². The van der Waals surface area contributed by atoms with Crippen LogP contribution in [0.25, 0.3) is 0 Å². The zero-order chi connectivity index (χ0) is 30.1. The lowest BCUT2D eigenvalue weighted by Crippen LogP contribution is -2.56. The van der Waals surface area contributed by atoms with Crippen LogP contribution in [0.1, 0.15) is 90.6 Å². The van der Waals surface area contributed by atoms with E-state index in [2.05, 4.69) is 36.4 Å². The maximum atomic E-state index is 13.6. The number of carbonyl (C=O) groups excluding carboxylic acids is 4. The monoisotopic (exact) mass is 577 g/mol. The summed E-state index contributed by atoms with van der Waals surface area (Å²) < 4.78 is 5.65. The number of aromatic nitrogens is 3. The topological polar surface area (TPSA) is 171 Å². The lowest BCUT2D eigenvalue weighted by atomic mass is 10.00. The molecule has 42 heavy (non-hydrogen) atoms. The van der Waals surface area contributed by atoms with Crippen molar-refractivity contribution >= 4 is 23.6 Å². The predicted octanol–water partition coefficient (Wildman–Crippen LogP) is 2.60. The third kappa shape index (κ3) is 8.05. The van der Waals surface area contributed by atoms with E-state index in [1.54, 1.807) is 6.07 Å². The van der Waals surface area contributed by atoms with Crippen molar-refractivity contribution in [2.45, 2.75) is 77.4 Å². The predicted molar refractivity (Wildman–Crippen MR) is 154 cm³/mol. The van der Waals surface area contributed by atoms with Crippen LogP contribution in [0.2, 0.25) is 0 Å². The van der Waals surface area contributed by atoms with Gasteiger partial charge in [0.15, 0.2) is 5.69 Å². The zero-order valence-corrected chi connectivity index (χ0v) is 24.2. The van der Waals surface area contributed by atoms with Crippen LogP contribution in [0.5, 0.6) is 0 Å². The summed E-state index contributed by atoms with van der Waals surface area (Å²) in [5.41, 5.74) is 2.07. The average molecular weight is 578 g/mol. The maximum absolute atomic E-state index is 13.6.